The molecule has 2 saturated heterocycles. The number of aliphatic hydroxyl groups is 1. The minimum atomic E-state index is -0.532. The van der Waals surface area contributed by atoms with Crippen LogP contribution in [0.4, 0.5) is 0 Å². The van der Waals surface area contributed by atoms with E-state index in [-0.39, 0.29) is 73.8 Å². The number of aromatic hydroxyl groups is 5. The van der Waals surface area contributed by atoms with Gasteiger partial charge in [0.2, 0.25) is 0 Å². The summed E-state index contributed by atoms with van der Waals surface area (Å²) >= 11 is 0. The van der Waals surface area contributed by atoms with Gasteiger partial charge in [0.15, 0.2) is 23.0 Å². The van der Waals surface area contributed by atoms with E-state index in [1.807, 2.05) is 18.5 Å². The van der Waals surface area contributed by atoms with Crippen LogP contribution in [0.5, 0.6) is 28.7 Å². The molecule has 10 nitrogen and oxygen atoms in total. The van der Waals surface area contributed by atoms with Crippen LogP contribution in [0.1, 0.15) is 166 Å². The van der Waals surface area contributed by atoms with Crippen LogP contribution >= 0.6 is 0 Å². The molecule has 14 rings (SSSR count). The standard InChI is InChI=1S/C70H82N4O6/c1-2-3-5-13-49(44-10-6-4-7-11-44)56-40-67(35-36-71-56)39-55(45-21-16-42(17-22-45)18-28-52-50(27-19-43-20-30-57(75)60(78)37-43)51-14-8-15-58(76)61(51)63(80)62(52)79)74-65-53(67)38-48-24-23-47-25-29-54-66(73-41-72-54)70(65)64-59(77)31-26-46-12-9-32-68(46,64)33-34-69(47,48)70/h4,6-8,10-11,14-17,19-22,26-27,30-31,37,41,46-49,53,55-56,59,64-65,71,74-80H,2-3,5,9,12-13,18,23-25,28-29,32-36,38-40H2,1H3,(H,72,73)/b27-19+/t46-,47+,48-,49-,53+,55-,56+,59+,64-,65+,67-,68+,69-,70-/m0/s1. The second-order valence-electron chi connectivity index (χ2n) is 26.5. The smallest absolute Gasteiger partial charge is 0.169 e. The summed E-state index contributed by atoms with van der Waals surface area (Å²) in [6, 6.07) is 30.9. The summed E-state index contributed by atoms with van der Waals surface area (Å²) < 4.78 is 0. The lowest BCUT2D eigenvalue weighted by molar-refractivity contribution is -0.228. The molecule has 0 bridgehead atoms. The molecule has 2 aliphatic heterocycles. The molecule has 3 heterocycles. The summed E-state index contributed by atoms with van der Waals surface area (Å²) in [7, 11) is 0. The first-order valence-corrected chi connectivity index (χ1v) is 30.9. The number of aromatic nitrogens is 2. The zero-order valence-electron chi connectivity index (χ0n) is 46.6. The van der Waals surface area contributed by atoms with Crippen LogP contribution in [-0.2, 0) is 24.7 Å². The second kappa shape index (κ2) is 20.1. The van der Waals surface area contributed by atoms with E-state index in [1.165, 1.54) is 124 Å². The topological polar surface area (TPSA) is 174 Å². The SMILES string of the molecule is CCCCC[C@@H](c1ccccc1)[C@H]1C[C@]2(CCN1)C[C@@H](c1ccc(CCc3c(O)c(O)c4c(O)cccc4c3/C=C/c3ccc(O)c(O)c3)cc1)N[C@@H]1[C@H]2C[C@@H]2CC[C@@H]3CCc4[nH]cnc4[C@]14[C@H]1[C@H](O)C=C[C@@H]5CCC[C@@]51CC[C@]324. The van der Waals surface area contributed by atoms with Gasteiger partial charge in [-0.1, -0.05) is 130 Å². The maximum absolute atomic E-state index is 13.2. The molecule has 80 heavy (non-hydrogen) atoms. The number of hydrogen-bond acceptors (Lipinski definition) is 9. The van der Waals surface area contributed by atoms with E-state index in [0.717, 1.165) is 37.8 Å². The van der Waals surface area contributed by atoms with Gasteiger partial charge in [-0.05, 0) is 200 Å². The summed E-state index contributed by atoms with van der Waals surface area (Å²) in [6.45, 7) is 3.32. The van der Waals surface area contributed by atoms with Crippen molar-refractivity contribution in [3.05, 3.63) is 154 Å². The van der Waals surface area contributed by atoms with Crippen molar-refractivity contribution in [2.75, 3.05) is 6.54 Å². The van der Waals surface area contributed by atoms with E-state index >= 15 is 0 Å². The van der Waals surface area contributed by atoms with Gasteiger partial charge in [0, 0.05) is 40.7 Å². The quantitative estimate of drug-likeness (QED) is 0.0250. The largest absolute Gasteiger partial charge is 0.507 e. The molecule has 6 fully saturated rings. The summed E-state index contributed by atoms with van der Waals surface area (Å²) in [5, 5.41) is 77.4. The van der Waals surface area contributed by atoms with E-state index in [1.54, 1.807) is 18.2 Å². The Morgan fingerprint density at radius 2 is 1.61 bits per heavy atom. The number of unbranched alkanes of at least 4 members (excludes halogenated alkanes) is 2. The van der Waals surface area contributed by atoms with Crippen LogP contribution in [0.15, 0.2) is 109 Å². The highest BCUT2D eigenvalue weighted by Gasteiger charge is 2.80. The monoisotopic (exact) mass is 1070 g/mol. The number of nitrogens with one attached hydrogen (secondary N) is 3. The van der Waals surface area contributed by atoms with Gasteiger partial charge >= 0.3 is 0 Å². The average molecular weight is 1080 g/mol. The molecule has 14 atom stereocenters. The van der Waals surface area contributed by atoms with Gasteiger partial charge in [-0.25, -0.2) is 4.98 Å². The minimum absolute atomic E-state index is 0.0384. The van der Waals surface area contributed by atoms with Crippen molar-refractivity contribution in [3.63, 3.8) is 0 Å². The van der Waals surface area contributed by atoms with Crippen molar-refractivity contribution >= 4 is 22.9 Å². The molecule has 6 aromatic rings. The highest BCUT2D eigenvalue weighted by atomic mass is 16.3. The Hall–Kier alpha value is -6.07. The van der Waals surface area contributed by atoms with E-state index < -0.39 is 6.10 Å². The molecule has 3 spiro atoms. The van der Waals surface area contributed by atoms with Crippen molar-refractivity contribution in [2.45, 2.75) is 164 Å². The van der Waals surface area contributed by atoms with E-state index in [2.05, 4.69) is 84.0 Å². The lowest BCUT2D eigenvalue weighted by Crippen LogP contribution is -2.79. The van der Waals surface area contributed by atoms with Gasteiger partial charge < -0.3 is 46.3 Å². The second-order valence-corrected chi connectivity index (χ2v) is 26.5. The van der Waals surface area contributed by atoms with Gasteiger partial charge in [-0.15, -0.1) is 0 Å². The van der Waals surface area contributed by atoms with Crippen molar-refractivity contribution in [3.8, 4) is 28.7 Å². The Balaban J connectivity index is 0.874. The predicted octanol–water partition coefficient (Wildman–Crippen LogP) is 13.6. The first-order chi connectivity index (χ1) is 39.0. The molecule has 4 saturated carbocycles. The Bertz CT molecular complexity index is 3350. The normalized spacial score (nSPS) is 34.3. The molecule has 8 aliphatic rings. The number of piperidine rings is 2. The molecule has 9 N–H and O–H groups in total. The third kappa shape index (κ3) is 7.83. The molecular weight excluding hydrogens is 993 g/mol. The Kier molecular flexibility index (Phi) is 13.1. The molecule has 10 heteroatoms. The number of rotatable bonds is 12. The molecule has 0 unspecified atom stereocenters. The molecule has 1 aromatic heterocycles. The Labute approximate surface area is 471 Å². The fourth-order valence-corrected chi connectivity index (χ4v) is 20.4. The number of phenolic OH excluding ortho intramolecular Hbond substituents is 5. The number of nitrogens with zero attached hydrogens (tertiary/aromatic N) is 1. The first kappa shape index (κ1) is 52.0. The van der Waals surface area contributed by atoms with Crippen molar-refractivity contribution < 1.29 is 30.6 Å². The van der Waals surface area contributed by atoms with Crippen molar-refractivity contribution in [1.82, 2.24) is 20.6 Å². The van der Waals surface area contributed by atoms with Crippen molar-refractivity contribution in [1.29, 1.82) is 0 Å². The number of aromatic amines is 1. The molecule has 418 valence electrons. The van der Waals surface area contributed by atoms with Crippen LogP contribution in [0.25, 0.3) is 22.9 Å². The molecule has 0 amide bonds. The van der Waals surface area contributed by atoms with Crippen LogP contribution in [-0.4, -0.2) is 65.3 Å². The van der Waals surface area contributed by atoms with Gasteiger partial charge in [0.05, 0.1) is 23.5 Å². The van der Waals surface area contributed by atoms with E-state index in [0.29, 0.717) is 70.5 Å². The highest BCUT2D eigenvalue weighted by Crippen LogP contribution is 2.81. The lowest BCUT2D eigenvalue weighted by Gasteiger charge is -2.75. The predicted molar refractivity (Wildman–Crippen MR) is 316 cm³/mol. The summed E-state index contributed by atoms with van der Waals surface area (Å²) in [5.41, 5.74) is 8.13. The number of phenols is 5. The molecule has 6 aliphatic carbocycles. The number of allylic oxidation sites excluding steroid dienone is 1. The first-order valence-electron chi connectivity index (χ1n) is 30.9. The maximum Gasteiger partial charge on any atom is 0.169 e. The van der Waals surface area contributed by atoms with Gasteiger partial charge in [-0.2, -0.15) is 0 Å². The Morgan fingerprint density at radius 3 is 2.45 bits per heavy atom. The third-order valence-corrected chi connectivity index (χ3v) is 23.4. The number of aliphatic hydroxyl groups excluding tert-OH is 1. The summed E-state index contributed by atoms with van der Waals surface area (Å²) in [4.78, 5) is 9.48. The molecule has 0 radical (unpaired) electrons. The average Bonchev–Trinajstić information content (AvgIpc) is 4.34. The van der Waals surface area contributed by atoms with E-state index in [4.69, 9.17) is 10.3 Å². The summed E-state index contributed by atoms with van der Waals surface area (Å²) in [6.07, 6.45) is 31.1. The number of aryl methyl sites for hydroxylation is 2. The minimum Gasteiger partial charge on any atom is -0.507 e. The van der Waals surface area contributed by atoms with Crippen LogP contribution in [0.3, 0.4) is 0 Å². The zero-order valence-corrected chi connectivity index (χ0v) is 46.6. The van der Waals surface area contributed by atoms with Crippen LogP contribution < -0.4 is 10.6 Å². The summed E-state index contributed by atoms with van der Waals surface area (Å²) in [5.74, 6) is 1.39. The number of benzene rings is 5. The van der Waals surface area contributed by atoms with Crippen LogP contribution in [0, 0.1) is 45.8 Å². The fourth-order valence-electron chi connectivity index (χ4n) is 20.4. The maximum atomic E-state index is 13.2. The highest BCUT2D eigenvalue weighted by molar-refractivity contribution is 6.03. The zero-order chi connectivity index (χ0) is 54.5. The lowest BCUT2D eigenvalue weighted by atomic mass is 9.30. The number of H-pyrrole nitrogens is 1. The van der Waals surface area contributed by atoms with Gasteiger partial charge in [-0.3, -0.25) is 0 Å². The van der Waals surface area contributed by atoms with E-state index in [9.17, 15) is 30.6 Å². The van der Waals surface area contributed by atoms with Crippen molar-refractivity contribution in [2.24, 2.45) is 45.8 Å². The Morgan fingerprint density at radius 1 is 0.762 bits per heavy atom. The third-order valence-electron chi connectivity index (χ3n) is 23.4. The molecule has 5 aromatic carbocycles. The number of fused-ring (bicyclic) bond motifs is 4. The number of imidazole rings is 1. The van der Waals surface area contributed by atoms with Gasteiger partial charge in [0.1, 0.15) is 5.75 Å². The fraction of sp³-hybridized carbons (Fsp3) is 0.500. The van der Waals surface area contributed by atoms with Crippen LogP contribution in [0.2, 0.25) is 0 Å². The molecular formula is C70H82N4O6. The van der Waals surface area contributed by atoms with Gasteiger partial charge in [0.25, 0.3) is 0 Å². The number of hydrogen-bond donors (Lipinski definition) is 9.